The molecule has 0 heterocycles. The van der Waals surface area contributed by atoms with Crippen molar-refractivity contribution in [2.75, 3.05) is 54.5 Å². The number of aromatic hydroxyl groups is 2. The van der Waals surface area contributed by atoms with Gasteiger partial charge in [-0.05, 0) is 24.3 Å². The zero-order valence-electron chi connectivity index (χ0n) is 18.3. The summed E-state index contributed by atoms with van der Waals surface area (Å²) < 4.78 is 9.97. The Morgan fingerprint density at radius 3 is 1.48 bits per heavy atom. The van der Waals surface area contributed by atoms with Gasteiger partial charge in [0.1, 0.15) is 0 Å². The molecule has 0 amide bonds. The summed E-state index contributed by atoms with van der Waals surface area (Å²) >= 11 is 0. The molecule has 0 unspecified atom stereocenters. The molecule has 0 aliphatic carbocycles. The van der Waals surface area contributed by atoms with E-state index in [1.54, 1.807) is 50.8 Å². The van der Waals surface area contributed by atoms with E-state index in [1.165, 1.54) is 14.2 Å². The van der Waals surface area contributed by atoms with Crippen molar-refractivity contribution in [3.05, 3.63) is 58.2 Å². The van der Waals surface area contributed by atoms with Crippen LogP contribution in [0, 0.1) is 0 Å². The summed E-state index contributed by atoms with van der Waals surface area (Å²) in [5.74, 6) is 1.16. The number of phenols is 2. The summed E-state index contributed by atoms with van der Waals surface area (Å²) in [4.78, 5) is 8.27. The number of benzene rings is 2. The van der Waals surface area contributed by atoms with Gasteiger partial charge in [0.15, 0.2) is 23.0 Å². The van der Waals surface area contributed by atoms with Gasteiger partial charge in [0.05, 0.1) is 14.2 Å². The van der Waals surface area contributed by atoms with Gasteiger partial charge >= 0.3 is 17.1 Å². The Morgan fingerprint density at radius 1 is 0.774 bits per heavy atom. The van der Waals surface area contributed by atoms with Crippen LogP contribution < -0.4 is 9.47 Å². The number of hydrogen-bond donors (Lipinski definition) is 2. The Balaban J connectivity index is 0.000000562. The quantitative estimate of drug-likeness (QED) is 0.314. The van der Waals surface area contributed by atoms with Crippen LogP contribution in [0.5, 0.6) is 23.0 Å². The molecule has 0 spiro atoms. The Morgan fingerprint density at radius 2 is 1.16 bits per heavy atom. The smallest absolute Gasteiger partial charge is 0.664 e. The summed E-state index contributed by atoms with van der Waals surface area (Å²) in [6.07, 6.45) is 3.26. The van der Waals surface area contributed by atoms with E-state index in [2.05, 4.69) is 20.6 Å². The first-order valence-electron chi connectivity index (χ1n) is 9.41. The van der Waals surface area contributed by atoms with Crippen molar-refractivity contribution in [2.45, 2.75) is 0 Å². The van der Waals surface area contributed by atoms with Crippen LogP contribution >= 0.6 is 0 Å². The number of phenolic OH excluding ortho intramolecular Hbond substituents is 2. The van der Waals surface area contributed by atoms with Gasteiger partial charge in [0.25, 0.3) is 0 Å². The molecule has 169 valence electrons. The molecule has 2 rings (SSSR count). The topological polar surface area (TPSA) is 112 Å². The van der Waals surface area contributed by atoms with Crippen molar-refractivity contribution in [1.29, 1.82) is 0 Å². The van der Waals surface area contributed by atoms with Crippen LogP contribution in [0.4, 0.5) is 0 Å². The van der Waals surface area contributed by atoms with Gasteiger partial charge in [-0.2, -0.15) is 14.1 Å². The third-order valence-electron chi connectivity index (χ3n) is 3.87. The van der Waals surface area contributed by atoms with E-state index in [9.17, 15) is 10.2 Å². The zero-order chi connectivity index (χ0) is 22.2. The molecule has 2 aromatic carbocycles. The minimum absolute atomic E-state index is 0. The Labute approximate surface area is 194 Å². The van der Waals surface area contributed by atoms with Crippen molar-refractivity contribution in [1.82, 2.24) is 0 Å². The van der Waals surface area contributed by atoms with Gasteiger partial charge in [-0.1, -0.05) is 12.1 Å². The van der Waals surface area contributed by atoms with Crippen LogP contribution in [0.2, 0.25) is 0 Å². The minimum Gasteiger partial charge on any atom is -0.664 e. The van der Waals surface area contributed by atoms with E-state index < -0.39 is 0 Å². The number of aliphatic imine (C=N–C) groups is 2. The fraction of sp³-hybridized carbons (Fsp3) is 0.364. The van der Waals surface area contributed by atoms with E-state index in [4.69, 9.17) is 9.47 Å². The molecular weight excluding hydrogens is 440 g/mol. The average Bonchev–Trinajstić information content (AvgIpc) is 2.77. The third kappa shape index (κ3) is 10.3. The van der Waals surface area contributed by atoms with Gasteiger partial charge in [0.2, 0.25) is 0 Å². The number of ether oxygens (including phenoxy) is 2. The maximum atomic E-state index is 9.71. The van der Waals surface area contributed by atoms with Crippen LogP contribution in [-0.2, 0) is 17.1 Å². The van der Waals surface area contributed by atoms with E-state index in [1.807, 2.05) is 12.1 Å². The van der Waals surface area contributed by atoms with Crippen molar-refractivity contribution in [3.8, 4) is 23.0 Å². The zero-order valence-corrected chi connectivity index (χ0v) is 19.4. The molecule has 2 N–H and O–H groups in total. The summed E-state index contributed by atoms with van der Waals surface area (Å²) in [6.45, 7) is 2.66. The fourth-order valence-electron chi connectivity index (χ4n) is 2.26. The van der Waals surface area contributed by atoms with Gasteiger partial charge in [-0.15, -0.1) is 13.1 Å². The van der Waals surface area contributed by atoms with E-state index in [-0.39, 0.29) is 28.6 Å². The molecule has 0 bridgehead atoms. The SMILES string of the molecule is C[N-]CCN=Cc1cccc(OC)c1O.C[N-]CCN=Cc1cccc(OC)c1O.[Fe+3]. The van der Waals surface area contributed by atoms with E-state index in [0.29, 0.717) is 48.8 Å². The van der Waals surface area contributed by atoms with Crippen molar-refractivity contribution in [3.63, 3.8) is 0 Å². The normalized spacial score (nSPS) is 10.5. The second-order valence-electron chi connectivity index (χ2n) is 5.95. The molecule has 1 radical (unpaired) electrons. The Bertz CT molecular complexity index is 749. The molecule has 2 aromatic rings. The van der Waals surface area contributed by atoms with Crippen molar-refractivity contribution in [2.24, 2.45) is 9.98 Å². The maximum Gasteiger partial charge on any atom is 3.00 e. The van der Waals surface area contributed by atoms with Crippen LogP contribution in [-0.4, -0.2) is 77.1 Å². The number of hydrogen-bond acceptors (Lipinski definition) is 6. The molecule has 0 aliphatic heterocycles. The van der Waals surface area contributed by atoms with Crippen molar-refractivity contribution >= 4 is 12.4 Å². The van der Waals surface area contributed by atoms with Crippen LogP contribution in [0.3, 0.4) is 0 Å². The molecule has 8 nitrogen and oxygen atoms in total. The first-order chi connectivity index (χ1) is 14.6. The number of methoxy groups -OCH3 is 2. The first kappa shape index (κ1) is 28.4. The summed E-state index contributed by atoms with van der Waals surface area (Å²) in [7, 11) is 6.54. The number of likely N-dealkylation sites (N-methyl/N-ethyl adjacent to an activating group) is 2. The maximum absolute atomic E-state index is 9.71. The molecule has 0 atom stereocenters. The summed E-state index contributed by atoms with van der Waals surface area (Å²) in [6, 6.07) is 10.6. The molecule has 0 aliphatic rings. The predicted octanol–water partition coefficient (Wildman–Crippen LogP) is 3.64. The Hall–Kier alpha value is -2.58. The second-order valence-corrected chi connectivity index (χ2v) is 5.95. The monoisotopic (exact) mass is 470 g/mol. The Kier molecular flexibility index (Phi) is 15.7. The van der Waals surface area contributed by atoms with Crippen LogP contribution in [0.1, 0.15) is 11.1 Å². The molecule has 31 heavy (non-hydrogen) atoms. The van der Waals surface area contributed by atoms with Gasteiger partial charge in [0, 0.05) is 36.6 Å². The minimum atomic E-state index is 0. The summed E-state index contributed by atoms with van der Waals surface area (Å²) in [5.41, 5.74) is 1.32. The molecular formula is C22H30FeN4O4+. The van der Waals surface area contributed by atoms with Gasteiger partial charge in [-0.25, -0.2) is 0 Å². The largest absolute Gasteiger partial charge is 3.00 e. The van der Waals surface area contributed by atoms with E-state index in [0.717, 1.165) is 0 Å². The van der Waals surface area contributed by atoms with E-state index >= 15 is 0 Å². The van der Waals surface area contributed by atoms with Gasteiger partial charge < -0.3 is 30.3 Å². The molecule has 0 saturated carbocycles. The fourth-order valence-corrected chi connectivity index (χ4v) is 2.26. The second kappa shape index (κ2) is 17.1. The third-order valence-corrected chi connectivity index (χ3v) is 3.87. The number of nitrogens with zero attached hydrogens (tertiary/aromatic N) is 4. The van der Waals surface area contributed by atoms with Crippen LogP contribution in [0.25, 0.3) is 10.6 Å². The number of rotatable bonds is 10. The molecule has 9 heteroatoms. The number of para-hydroxylation sites is 2. The van der Waals surface area contributed by atoms with Gasteiger partial charge in [-0.3, -0.25) is 9.98 Å². The first-order valence-corrected chi connectivity index (χ1v) is 9.41. The standard InChI is InChI=1S/2C11H15N2O2.Fe/c2*1-12-6-7-13-8-9-4-3-5-10(15-2)11(9)14;/h2*3-5,8,14H,6-7H2,1-2H3;/q2*-1;+3. The molecule has 0 fully saturated rings. The molecule has 0 aromatic heterocycles. The predicted molar refractivity (Wildman–Crippen MR) is 123 cm³/mol. The average molecular weight is 470 g/mol. The van der Waals surface area contributed by atoms with Crippen molar-refractivity contribution < 1.29 is 36.8 Å². The van der Waals surface area contributed by atoms with Crippen LogP contribution in [0.15, 0.2) is 46.4 Å². The summed E-state index contributed by atoms with van der Waals surface area (Å²) in [5, 5.41) is 27.3. The molecule has 0 saturated heterocycles.